The number of nitrogens with zero attached hydrogens (tertiary/aromatic N) is 1. The third-order valence-electron chi connectivity index (χ3n) is 5.00. The van der Waals surface area contributed by atoms with Gasteiger partial charge in [-0.15, -0.1) is 0 Å². The molecule has 1 aliphatic carbocycles. The molecule has 2 fully saturated rings. The molecule has 0 bridgehead atoms. The lowest BCUT2D eigenvalue weighted by molar-refractivity contribution is 0.00158. The number of ether oxygens (including phenoxy) is 1. The smallest absolute Gasteiger partial charge is 0.0599 e. The number of hydrogen-bond acceptors (Lipinski definition) is 3. The van der Waals surface area contributed by atoms with Gasteiger partial charge in [-0.05, 0) is 32.1 Å². The van der Waals surface area contributed by atoms with Gasteiger partial charge in [0.2, 0.25) is 0 Å². The standard InChI is InChI=1S/C16H32N2O/c1-2-19-16-8-10-18(11-9-16)15(13-17)12-14-6-4-3-5-7-14/h14-16H,2-13,17H2,1H3. The van der Waals surface area contributed by atoms with Crippen LogP contribution in [0.3, 0.4) is 0 Å². The van der Waals surface area contributed by atoms with Crippen molar-refractivity contribution in [2.75, 3.05) is 26.2 Å². The van der Waals surface area contributed by atoms with E-state index in [1.54, 1.807) is 0 Å². The molecule has 1 heterocycles. The van der Waals surface area contributed by atoms with E-state index in [-0.39, 0.29) is 0 Å². The highest BCUT2D eigenvalue weighted by molar-refractivity contribution is 4.82. The van der Waals surface area contributed by atoms with E-state index in [2.05, 4.69) is 11.8 Å². The fraction of sp³-hybridized carbons (Fsp3) is 1.00. The van der Waals surface area contributed by atoms with E-state index in [0.717, 1.165) is 19.1 Å². The molecule has 1 saturated heterocycles. The molecule has 1 atom stereocenters. The molecular weight excluding hydrogens is 236 g/mol. The molecule has 3 heteroatoms. The van der Waals surface area contributed by atoms with E-state index < -0.39 is 0 Å². The minimum Gasteiger partial charge on any atom is -0.378 e. The lowest BCUT2D eigenvalue weighted by Crippen LogP contribution is -2.47. The molecule has 3 nitrogen and oxygen atoms in total. The second-order valence-corrected chi connectivity index (χ2v) is 6.32. The maximum Gasteiger partial charge on any atom is 0.0599 e. The quantitative estimate of drug-likeness (QED) is 0.805. The van der Waals surface area contributed by atoms with Gasteiger partial charge in [0, 0.05) is 32.3 Å². The van der Waals surface area contributed by atoms with Crippen LogP contribution in [0.25, 0.3) is 0 Å². The average Bonchev–Trinajstić information content (AvgIpc) is 2.47. The highest BCUT2D eigenvalue weighted by atomic mass is 16.5. The summed E-state index contributed by atoms with van der Waals surface area (Å²) in [6.07, 6.45) is 11.4. The van der Waals surface area contributed by atoms with Crippen molar-refractivity contribution < 1.29 is 4.74 Å². The molecule has 2 aliphatic rings. The lowest BCUT2D eigenvalue weighted by Gasteiger charge is -2.39. The molecular formula is C16H32N2O. The van der Waals surface area contributed by atoms with Crippen LogP contribution in [0.15, 0.2) is 0 Å². The fourth-order valence-corrected chi connectivity index (χ4v) is 3.85. The van der Waals surface area contributed by atoms with Gasteiger partial charge in [0.05, 0.1) is 6.10 Å². The van der Waals surface area contributed by atoms with Crippen molar-refractivity contribution >= 4 is 0 Å². The van der Waals surface area contributed by atoms with Crippen LogP contribution < -0.4 is 5.73 Å². The second kappa shape index (κ2) is 8.23. The molecule has 2 rings (SSSR count). The third kappa shape index (κ3) is 4.73. The van der Waals surface area contributed by atoms with Gasteiger partial charge < -0.3 is 10.5 Å². The summed E-state index contributed by atoms with van der Waals surface area (Å²) in [6, 6.07) is 0.616. The zero-order chi connectivity index (χ0) is 13.5. The first-order valence-corrected chi connectivity index (χ1v) is 8.39. The molecule has 0 aromatic carbocycles. The number of rotatable bonds is 6. The maximum absolute atomic E-state index is 6.04. The van der Waals surface area contributed by atoms with E-state index in [0.29, 0.717) is 12.1 Å². The van der Waals surface area contributed by atoms with E-state index in [9.17, 15) is 0 Å². The highest BCUT2D eigenvalue weighted by Gasteiger charge is 2.27. The van der Waals surface area contributed by atoms with Crippen LogP contribution in [-0.2, 0) is 4.74 Å². The first-order valence-electron chi connectivity index (χ1n) is 8.39. The Hall–Kier alpha value is -0.120. The average molecular weight is 268 g/mol. The Morgan fingerprint density at radius 1 is 1.11 bits per heavy atom. The maximum atomic E-state index is 6.04. The highest BCUT2D eigenvalue weighted by Crippen LogP contribution is 2.29. The van der Waals surface area contributed by atoms with Gasteiger partial charge >= 0.3 is 0 Å². The first-order chi connectivity index (χ1) is 9.33. The van der Waals surface area contributed by atoms with E-state index in [4.69, 9.17) is 10.5 Å². The summed E-state index contributed by atoms with van der Waals surface area (Å²) in [5.74, 6) is 0.937. The Morgan fingerprint density at radius 3 is 2.37 bits per heavy atom. The molecule has 1 saturated carbocycles. The summed E-state index contributed by atoms with van der Waals surface area (Å²) in [5.41, 5.74) is 6.04. The van der Waals surface area contributed by atoms with E-state index >= 15 is 0 Å². The van der Waals surface area contributed by atoms with Gasteiger partial charge in [-0.25, -0.2) is 0 Å². The zero-order valence-corrected chi connectivity index (χ0v) is 12.7. The third-order valence-corrected chi connectivity index (χ3v) is 5.00. The van der Waals surface area contributed by atoms with Crippen LogP contribution in [0.4, 0.5) is 0 Å². The molecule has 0 aromatic heterocycles. The van der Waals surface area contributed by atoms with E-state index in [1.165, 1.54) is 64.5 Å². The molecule has 112 valence electrons. The van der Waals surface area contributed by atoms with Gasteiger partial charge in [-0.3, -0.25) is 4.90 Å². The van der Waals surface area contributed by atoms with Crippen molar-refractivity contribution in [3.63, 3.8) is 0 Å². The topological polar surface area (TPSA) is 38.5 Å². The summed E-state index contributed by atoms with van der Waals surface area (Å²) in [6.45, 7) is 6.14. The molecule has 1 unspecified atom stereocenters. The van der Waals surface area contributed by atoms with Crippen LogP contribution in [0.2, 0.25) is 0 Å². The second-order valence-electron chi connectivity index (χ2n) is 6.32. The van der Waals surface area contributed by atoms with Crippen molar-refractivity contribution in [2.24, 2.45) is 11.7 Å². The molecule has 0 radical (unpaired) electrons. The predicted molar refractivity (Wildman–Crippen MR) is 80.3 cm³/mol. The Kier molecular flexibility index (Phi) is 6.62. The van der Waals surface area contributed by atoms with Crippen molar-refractivity contribution in [1.82, 2.24) is 4.90 Å². The Morgan fingerprint density at radius 2 is 1.79 bits per heavy atom. The Labute approximate surface area is 118 Å². The molecule has 0 amide bonds. The number of likely N-dealkylation sites (tertiary alicyclic amines) is 1. The van der Waals surface area contributed by atoms with Crippen LogP contribution in [0.5, 0.6) is 0 Å². The summed E-state index contributed by atoms with van der Waals surface area (Å²) in [7, 11) is 0. The van der Waals surface area contributed by atoms with Gasteiger partial charge in [-0.1, -0.05) is 32.1 Å². The normalized spacial score (nSPS) is 25.6. The van der Waals surface area contributed by atoms with Crippen LogP contribution in [0, 0.1) is 5.92 Å². The summed E-state index contributed by atoms with van der Waals surface area (Å²) in [5, 5.41) is 0. The minimum atomic E-state index is 0.495. The summed E-state index contributed by atoms with van der Waals surface area (Å²) < 4.78 is 5.74. The van der Waals surface area contributed by atoms with Crippen molar-refractivity contribution in [3.8, 4) is 0 Å². The Bertz CT molecular complexity index is 233. The SMILES string of the molecule is CCOC1CCN(C(CN)CC2CCCCC2)CC1. The van der Waals surface area contributed by atoms with Gasteiger partial charge in [0.1, 0.15) is 0 Å². The van der Waals surface area contributed by atoms with Gasteiger partial charge in [0.15, 0.2) is 0 Å². The molecule has 19 heavy (non-hydrogen) atoms. The van der Waals surface area contributed by atoms with Crippen LogP contribution >= 0.6 is 0 Å². The number of nitrogens with two attached hydrogens (primary N) is 1. The number of piperidine rings is 1. The van der Waals surface area contributed by atoms with E-state index in [1.807, 2.05) is 0 Å². The fourth-order valence-electron chi connectivity index (χ4n) is 3.85. The monoisotopic (exact) mass is 268 g/mol. The van der Waals surface area contributed by atoms with Gasteiger partial charge in [-0.2, -0.15) is 0 Å². The van der Waals surface area contributed by atoms with Crippen LogP contribution in [-0.4, -0.2) is 43.3 Å². The first kappa shape index (κ1) is 15.3. The lowest BCUT2D eigenvalue weighted by atomic mass is 9.84. The van der Waals surface area contributed by atoms with Crippen LogP contribution in [0.1, 0.15) is 58.3 Å². The number of hydrogen-bond donors (Lipinski definition) is 1. The van der Waals surface area contributed by atoms with Crippen molar-refractivity contribution in [1.29, 1.82) is 0 Å². The largest absolute Gasteiger partial charge is 0.378 e. The molecule has 1 aliphatic heterocycles. The predicted octanol–water partition coefficient (Wildman–Crippen LogP) is 2.79. The molecule has 2 N–H and O–H groups in total. The Balaban J connectivity index is 1.75. The summed E-state index contributed by atoms with van der Waals surface area (Å²) in [4.78, 5) is 2.63. The minimum absolute atomic E-state index is 0.495. The molecule has 0 aromatic rings. The van der Waals surface area contributed by atoms with Crippen molar-refractivity contribution in [3.05, 3.63) is 0 Å². The molecule has 0 spiro atoms. The summed E-state index contributed by atoms with van der Waals surface area (Å²) >= 11 is 0. The zero-order valence-electron chi connectivity index (χ0n) is 12.7. The van der Waals surface area contributed by atoms with Gasteiger partial charge in [0.25, 0.3) is 0 Å². The van der Waals surface area contributed by atoms with Crippen molar-refractivity contribution in [2.45, 2.75) is 70.4 Å².